The van der Waals surface area contributed by atoms with Crippen LogP contribution in [0.15, 0.2) is 38.6 Å². The van der Waals surface area contributed by atoms with Crippen molar-refractivity contribution in [1.82, 2.24) is 14.8 Å². The van der Waals surface area contributed by atoms with E-state index in [4.69, 9.17) is 26.4 Å². The highest BCUT2D eigenvalue weighted by Crippen LogP contribution is 2.66. The van der Waals surface area contributed by atoms with Gasteiger partial charge < -0.3 is 9.47 Å². The largest absolute Gasteiger partial charge is 0.379 e. The minimum atomic E-state index is -2.16. The second kappa shape index (κ2) is 10.8. The van der Waals surface area contributed by atoms with Crippen LogP contribution in [0.5, 0.6) is 0 Å². The van der Waals surface area contributed by atoms with E-state index in [9.17, 15) is 0 Å². The fraction of sp³-hybridized carbons (Fsp3) is 0.600. The van der Waals surface area contributed by atoms with Gasteiger partial charge in [-0.2, -0.15) is 5.10 Å². The van der Waals surface area contributed by atoms with E-state index in [1.807, 2.05) is 24.3 Å². The van der Waals surface area contributed by atoms with E-state index >= 15 is 0 Å². The molecule has 1 N–H and O–H groups in total. The minimum absolute atomic E-state index is 0.0805. The van der Waals surface area contributed by atoms with E-state index < -0.39 is 7.36 Å². The topological polar surface area (TPSA) is 61.7 Å². The van der Waals surface area contributed by atoms with Crippen molar-refractivity contribution < 1.29 is 9.47 Å². The van der Waals surface area contributed by atoms with Crippen LogP contribution >= 0.6 is 35.5 Å². The smallest absolute Gasteiger partial charge is 0.214 e. The van der Waals surface area contributed by atoms with Gasteiger partial charge in [-0.05, 0) is 29.9 Å². The lowest BCUT2D eigenvalue weighted by molar-refractivity contribution is 0.0551. The molecule has 2 saturated heterocycles. The molecule has 0 aliphatic carbocycles. The molecule has 0 spiro atoms. The first-order valence-electron chi connectivity index (χ1n) is 10.2. The number of thiocarbonyl (C=S) groups is 1. The first-order chi connectivity index (χ1) is 14.3. The molecule has 2 aliphatic heterocycles. The van der Waals surface area contributed by atoms with Gasteiger partial charge in [0.2, 0.25) is 5.11 Å². The van der Waals surface area contributed by atoms with Crippen LogP contribution in [-0.2, 0) is 9.47 Å². The maximum Gasteiger partial charge on any atom is 0.214 e. The highest BCUT2D eigenvalue weighted by Gasteiger charge is 2.45. The van der Waals surface area contributed by atoms with Gasteiger partial charge in [0.05, 0.1) is 32.6 Å². The van der Waals surface area contributed by atoms with E-state index in [0.717, 1.165) is 62.6 Å². The van der Waals surface area contributed by atoms with Crippen LogP contribution in [0.1, 0.15) is 26.3 Å². The molecule has 2 heterocycles. The molecule has 1 aromatic rings. The Bertz CT molecular complexity index is 778. The SMILES string of the molecule is CC(C)(C)P(=NC(=S)N/N=C\c1ccc(Br)cc1)(N1CCOCC1)N1CCOCC1. The van der Waals surface area contributed by atoms with Gasteiger partial charge in [-0.1, -0.05) is 48.8 Å². The number of ether oxygens (including phenoxy) is 2. The summed E-state index contributed by atoms with van der Waals surface area (Å²) in [6.45, 7) is 13.1. The molecule has 166 valence electrons. The Morgan fingerprint density at radius 2 is 1.53 bits per heavy atom. The van der Waals surface area contributed by atoms with Crippen molar-refractivity contribution >= 4 is 46.8 Å². The van der Waals surface area contributed by atoms with Gasteiger partial charge in [0, 0.05) is 35.8 Å². The van der Waals surface area contributed by atoms with Gasteiger partial charge >= 0.3 is 0 Å². The van der Waals surface area contributed by atoms with Crippen molar-refractivity contribution in [2.75, 3.05) is 52.6 Å². The molecule has 10 heteroatoms. The summed E-state index contributed by atoms with van der Waals surface area (Å²) in [6.07, 6.45) is 1.76. The number of hydrogen-bond acceptors (Lipinski definition) is 4. The maximum absolute atomic E-state index is 5.66. The predicted molar refractivity (Wildman–Crippen MR) is 131 cm³/mol. The van der Waals surface area contributed by atoms with Gasteiger partial charge in [-0.3, -0.25) is 14.8 Å². The van der Waals surface area contributed by atoms with E-state index in [1.54, 1.807) is 6.21 Å². The summed E-state index contributed by atoms with van der Waals surface area (Å²) < 4.78 is 22.6. The monoisotopic (exact) mass is 515 g/mol. The number of nitrogens with one attached hydrogen (secondary N) is 1. The van der Waals surface area contributed by atoms with E-state index in [-0.39, 0.29) is 5.16 Å². The summed E-state index contributed by atoms with van der Waals surface area (Å²) in [5.41, 5.74) is 3.98. The molecule has 0 unspecified atom stereocenters. The van der Waals surface area contributed by atoms with E-state index in [0.29, 0.717) is 5.11 Å². The summed E-state index contributed by atoms with van der Waals surface area (Å²) in [5, 5.41) is 4.67. The second-order valence-corrected chi connectivity index (χ2v) is 13.3. The van der Waals surface area contributed by atoms with Crippen molar-refractivity contribution in [2.45, 2.75) is 25.9 Å². The number of benzene rings is 1. The third-order valence-electron chi connectivity index (χ3n) is 5.14. The van der Waals surface area contributed by atoms with Crippen molar-refractivity contribution in [2.24, 2.45) is 9.85 Å². The Labute approximate surface area is 193 Å². The average molecular weight is 516 g/mol. The summed E-state index contributed by atoms with van der Waals surface area (Å²) in [5.74, 6) is 0. The summed E-state index contributed by atoms with van der Waals surface area (Å²) in [4.78, 5) is 0. The van der Waals surface area contributed by atoms with Crippen LogP contribution in [0.2, 0.25) is 0 Å². The molecule has 2 fully saturated rings. The summed E-state index contributed by atoms with van der Waals surface area (Å²) in [7, 11) is -2.16. The lowest BCUT2D eigenvalue weighted by atomic mass is 10.2. The molecule has 7 nitrogen and oxygen atoms in total. The molecule has 2 aliphatic rings. The first kappa shape index (κ1) is 24.0. The number of rotatable bonds is 4. The van der Waals surface area contributed by atoms with Gasteiger partial charge in [-0.25, -0.2) is 4.74 Å². The third-order valence-corrected chi connectivity index (χ3v) is 10.6. The minimum Gasteiger partial charge on any atom is -0.379 e. The number of hydrogen-bond donors (Lipinski definition) is 1. The maximum atomic E-state index is 5.66. The van der Waals surface area contributed by atoms with Crippen molar-refractivity contribution in [3.63, 3.8) is 0 Å². The molecule has 0 atom stereocenters. The van der Waals surface area contributed by atoms with E-state index in [2.05, 4.69) is 56.6 Å². The van der Waals surface area contributed by atoms with Crippen LogP contribution in [0.3, 0.4) is 0 Å². The van der Waals surface area contributed by atoms with Crippen LogP contribution in [0.4, 0.5) is 0 Å². The number of morpholine rings is 2. The molecule has 0 amide bonds. The van der Waals surface area contributed by atoms with Crippen LogP contribution in [-0.4, -0.2) is 78.4 Å². The molecule has 1 aromatic carbocycles. The predicted octanol–water partition coefficient (Wildman–Crippen LogP) is 4.15. The number of hydrazone groups is 1. The summed E-state index contributed by atoms with van der Waals surface area (Å²) >= 11 is 9.10. The lowest BCUT2D eigenvalue weighted by Gasteiger charge is -2.52. The molecule has 30 heavy (non-hydrogen) atoms. The Balaban J connectivity index is 1.89. The molecule has 0 bridgehead atoms. The Morgan fingerprint density at radius 1 is 1.03 bits per heavy atom. The molecule has 3 rings (SSSR count). The fourth-order valence-corrected chi connectivity index (χ4v) is 8.84. The van der Waals surface area contributed by atoms with Gasteiger partial charge in [0.25, 0.3) is 0 Å². The quantitative estimate of drug-likeness (QED) is 0.281. The van der Waals surface area contributed by atoms with Gasteiger partial charge in [-0.15, -0.1) is 0 Å². The Morgan fingerprint density at radius 3 is 2.00 bits per heavy atom. The standard InChI is InChI=1S/C20H31BrN5O2PS/c1-20(2,3)29(25-8-12-27-13-9-25,26-10-14-28-15-11-26)24-19(30)23-22-16-17-4-6-18(21)7-5-17/h4-7,16H,8-15H2,1-3H3,(H,23,30)/b22-16-. The zero-order valence-corrected chi connectivity index (χ0v) is 21.2. The molecular weight excluding hydrogens is 485 g/mol. The highest BCUT2D eigenvalue weighted by atomic mass is 79.9. The first-order valence-corrected chi connectivity index (χ1v) is 13.1. The van der Waals surface area contributed by atoms with Gasteiger partial charge in [0.15, 0.2) is 0 Å². The van der Waals surface area contributed by atoms with Crippen molar-refractivity contribution in [3.05, 3.63) is 34.3 Å². The molecule has 0 radical (unpaired) electrons. The third kappa shape index (κ3) is 5.76. The highest BCUT2D eigenvalue weighted by molar-refractivity contribution is 9.10. The fourth-order valence-electron chi connectivity index (χ4n) is 3.83. The average Bonchev–Trinajstić information content (AvgIpc) is 2.74. The molecule has 0 saturated carbocycles. The lowest BCUT2D eigenvalue weighted by Crippen LogP contribution is -2.48. The normalized spacial score (nSPS) is 19.7. The van der Waals surface area contributed by atoms with Crippen molar-refractivity contribution in [1.29, 1.82) is 0 Å². The van der Waals surface area contributed by atoms with Gasteiger partial charge in [0.1, 0.15) is 7.36 Å². The van der Waals surface area contributed by atoms with Crippen LogP contribution in [0.25, 0.3) is 0 Å². The summed E-state index contributed by atoms with van der Waals surface area (Å²) in [6, 6.07) is 7.95. The van der Waals surface area contributed by atoms with Crippen molar-refractivity contribution in [3.8, 4) is 0 Å². The zero-order valence-electron chi connectivity index (χ0n) is 17.9. The van der Waals surface area contributed by atoms with Crippen LogP contribution < -0.4 is 5.43 Å². The van der Waals surface area contributed by atoms with Crippen LogP contribution in [0, 0.1) is 0 Å². The molecular formula is C20H31BrN5O2PS. The number of nitrogens with zero attached hydrogens (tertiary/aromatic N) is 4. The van der Waals surface area contributed by atoms with E-state index in [1.165, 1.54) is 0 Å². The Hall–Kier alpha value is -0.670. The number of halogens is 1. The molecule has 0 aromatic heterocycles. The Kier molecular flexibility index (Phi) is 8.61. The zero-order chi connectivity index (χ0) is 21.6. The second-order valence-electron chi connectivity index (χ2n) is 8.20.